The van der Waals surface area contributed by atoms with Crippen LogP contribution in [0.2, 0.25) is 0 Å². The zero-order valence-corrected chi connectivity index (χ0v) is 20.3. The molecule has 3 rings (SSSR count). The quantitative estimate of drug-likeness (QED) is 0.609. The fourth-order valence-electron chi connectivity index (χ4n) is 3.51. The zero-order valence-electron chi connectivity index (χ0n) is 19.5. The topological polar surface area (TPSA) is 97.1 Å². The van der Waals surface area contributed by atoms with Gasteiger partial charge in [0.2, 0.25) is 15.0 Å². The highest BCUT2D eigenvalue weighted by Crippen LogP contribution is 2.32. The molecule has 0 unspecified atom stereocenters. The zero-order chi connectivity index (χ0) is 24.6. The van der Waals surface area contributed by atoms with Crippen LogP contribution in [0.5, 0.6) is 0 Å². The standard InChI is InChI=1S/C20H30F3N7O2S/c1-14-26-27-18(28(14)5)33(31,32)12-6-7-29-8-10-30(11-9-29)16-13-15(20(21,22)23)24-17(25-16)19(2,3)4/h13H,6-12H2,1-5H3. The lowest BCUT2D eigenvalue weighted by atomic mass is 9.95. The summed E-state index contributed by atoms with van der Waals surface area (Å²) in [6.45, 7) is 9.76. The van der Waals surface area contributed by atoms with Crippen LogP contribution in [0.4, 0.5) is 19.0 Å². The summed E-state index contributed by atoms with van der Waals surface area (Å²) in [7, 11) is -1.92. The monoisotopic (exact) mass is 489 g/mol. The van der Waals surface area contributed by atoms with Crippen molar-refractivity contribution in [2.75, 3.05) is 43.4 Å². The molecular weight excluding hydrogens is 459 g/mol. The maximum atomic E-state index is 13.4. The van der Waals surface area contributed by atoms with Gasteiger partial charge in [-0.15, -0.1) is 10.2 Å². The smallest absolute Gasteiger partial charge is 0.354 e. The normalized spacial score (nSPS) is 16.4. The Morgan fingerprint density at radius 1 is 1.03 bits per heavy atom. The Morgan fingerprint density at radius 2 is 1.67 bits per heavy atom. The summed E-state index contributed by atoms with van der Waals surface area (Å²) in [6.07, 6.45) is -4.12. The lowest BCUT2D eigenvalue weighted by molar-refractivity contribution is -0.141. The van der Waals surface area contributed by atoms with Gasteiger partial charge in [0.15, 0.2) is 0 Å². The van der Waals surface area contributed by atoms with Crippen LogP contribution in [-0.2, 0) is 28.5 Å². The average molecular weight is 490 g/mol. The van der Waals surface area contributed by atoms with Gasteiger partial charge in [0.1, 0.15) is 23.2 Å². The summed E-state index contributed by atoms with van der Waals surface area (Å²) >= 11 is 0. The molecule has 0 bridgehead atoms. The second-order valence-electron chi connectivity index (χ2n) is 9.27. The number of halogens is 3. The highest BCUT2D eigenvalue weighted by atomic mass is 32.2. The van der Waals surface area contributed by atoms with Crippen molar-refractivity contribution in [3.8, 4) is 0 Å². The molecule has 1 fully saturated rings. The van der Waals surface area contributed by atoms with Gasteiger partial charge in [-0.2, -0.15) is 13.2 Å². The molecule has 0 atom stereocenters. The molecule has 1 saturated heterocycles. The molecule has 0 radical (unpaired) electrons. The summed E-state index contributed by atoms with van der Waals surface area (Å²) in [6, 6.07) is 1.00. The molecule has 33 heavy (non-hydrogen) atoms. The molecule has 0 amide bonds. The van der Waals surface area contributed by atoms with Crippen LogP contribution < -0.4 is 4.90 Å². The molecule has 1 aliphatic heterocycles. The average Bonchev–Trinajstić information content (AvgIpc) is 3.06. The van der Waals surface area contributed by atoms with Gasteiger partial charge in [-0.1, -0.05) is 20.8 Å². The molecule has 3 heterocycles. The van der Waals surface area contributed by atoms with Crippen LogP contribution >= 0.6 is 0 Å². The number of alkyl halides is 3. The van der Waals surface area contributed by atoms with Crippen molar-refractivity contribution in [1.82, 2.24) is 29.6 Å². The van der Waals surface area contributed by atoms with Gasteiger partial charge in [0.25, 0.3) is 0 Å². The number of aryl methyl sites for hydroxylation is 1. The molecule has 0 saturated carbocycles. The number of nitrogens with zero attached hydrogens (tertiary/aromatic N) is 7. The molecule has 0 spiro atoms. The molecule has 1 aliphatic rings. The fourth-order valence-corrected chi connectivity index (χ4v) is 4.91. The van der Waals surface area contributed by atoms with E-state index in [-0.39, 0.29) is 22.6 Å². The Kier molecular flexibility index (Phi) is 7.04. The van der Waals surface area contributed by atoms with E-state index in [9.17, 15) is 21.6 Å². The van der Waals surface area contributed by atoms with Crippen molar-refractivity contribution in [2.24, 2.45) is 7.05 Å². The van der Waals surface area contributed by atoms with E-state index < -0.39 is 27.1 Å². The second-order valence-corrected chi connectivity index (χ2v) is 11.3. The Hall–Kier alpha value is -2.28. The molecule has 0 N–H and O–H groups in total. The van der Waals surface area contributed by atoms with E-state index in [2.05, 4.69) is 25.1 Å². The number of anilines is 1. The molecule has 13 heteroatoms. The van der Waals surface area contributed by atoms with Crippen molar-refractivity contribution in [1.29, 1.82) is 0 Å². The van der Waals surface area contributed by atoms with Crippen LogP contribution in [0.3, 0.4) is 0 Å². The summed E-state index contributed by atoms with van der Waals surface area (Å²) in [5, 5.41) is 7.52. The largest absolute Gasteiger partial charge is 0.433 e. The van der Waals surface area contributed by atoms with Gasteiger partial charge < -0.3 is 9.47 Å². The van der Waals surface area contributed by atoms with Gasteiger partial charge >= 0.3 is 6.18 Å². The van der Waals surface area contributed by atoms with Crippen LogP contribution in [0, 0.1) is 6.92 Å². The third-order valence-electron chi connectivity index (χ3n) is 5.59. The maximum absolute atomic E-state index is 13.4. The second kappa shape index (κ2) is 9.16. The van der Waals surface area contributed by atoms with E-state index in [1.165, 1.54) is 4.57 Å². The van der Waals surface area contributed by atoms with Gasteiger partial charge in [-0.05, 0) is 19.9 Å². The minimum atomic E-state index is -4.55. The molecule has 0 aromatic carbocycles. The summed E-state index contributed by atoms with van der Waals surface area (Å²) in [4.78, 5) is 12.1. The van der Waals surface area contributed by atoms with Crippen LogP contribution in [-0.4, -0.2) is 76.5 Å². The summed E-state index contributed by atoms with van der Waals surface area (Å²) < 4.78 is 66.6. The minimum Gasteiger partial charge on any atom is -0.354 e. The maximum Gasteiger partial charge on any atom is 0.433 e. The third kappa shape index (κ3) is 5.99. The van der Waals surface area contributed by atoms with Crippen LogP contribution in [0.15, 0.2) is 11.2 Å². The Morgan fingerprint density at radius 3 is 2.18 bits per heavy atom. The van der Waals surface area contributed by atoms with Crippen LogP contribution in [0.25, 0.3) is 0 Å². The molecule has 2 aromatic rings. The predicted molar refractivity (Wildman–Crippen MR) is 117 cm³/mol. The highest BCUT2D eigenvalue weighted by molar-refractivity contribution is 7.91. The number of sulfone groups is 1. The van der Waals surface area contributed by atoms with E-state index in [0.717, 1.165) is 6.07 Å². The lowest BCUT2D eigenvalue weighted by Crippen LogP contribution is -2.47. The number of aromatic nitrogens is 5. The van der Waals surface area contributed by atoms with Crippen molar-refractivity contribution < 1.29 is 21.6 Å². The number of hydrogen-bond donors (Lipinski definition) is 0. The van der Waals surface area contributed by atoms with Crippen molar-refractivity contribution in [3.63, 3.8) is 0 Å². The van der Waals surface area contributed by atoms with Gasteiger partial charge in [-0.3, -0.25) is 4.90 Å². The van der Waals surface area contributed by atoms with Crippen molar-refractivity contribution in [2.45, 2.75) is 50.9 Å². The first kappa shape index (κ1) is 25.3. The fraction of sp³-hybridized carbons (Fsp3) is 0.700. The van der Waals surface area contributed by atoms with Crippen LogP contribution in [0.1, 0.15) is 44.5 Å². The third-order valence-corrected chi connectivity index (χ3v) is 7.33. The lowest BCUT2D eigenvalue weighted by Gasteiger charge is -2.36. The van der Waals surface area contributed by atoms with E-state index in [0.29, 0.717) is 45.0 Å². The molecule has 9 nitrogen and oxygen atoms in total. The first-order valence-electron chi connectivity index (χ1n) is 10.7. The van der Waals surface area contributed by atoms with Gasteiger partial charge in [0, 0.05) is 44.7 Å². The van der Waals surface area contributed by atoms with Crippen molar-refractivity contribution >= 4 is 15.7 Å². The van der Waals surface area contributed by atoms with Gasteiger partial charge in [-0.25, -0.2) is 18.4 Å². The van der Waals surface area contributed by atoms with E-state index in [1.54, 1.807) is 34.7 Å². The number of rotatable bonds is 6. The predicted octanol–water partition coefficient (Wildman–Crippen LogP) is 2.22. The van der Waals surface area contributed by atoms with Gasteiger partial charge in [0.05, 0.1) is 5.75 Å². The molecule has 184 valence electrons. The first-order valence-corrected chi connectivity index (χ1v) is 12.4. The Balaban J connectivity index is 1.60. The molecular formula is C20H30F3N7O2S. The first-order chi connectivity index (χ1) is 15.2. The summed E-state index contributed by atoms with van der Waals surface area (Å²) in [5.41, 5.74) is -1.56. The number of hydrogen-bond acceptors (Lipinski definition) is 8. The molecule has 0 aliphatic carbocycles. The Labute approximate surface area is 191 Å². The molecule has 2 aromatic heterocycles. The van der Waals surface area contributed by atoms with E-state index in [4.69, 9.17) is 0 Å². The number of piperazine rings is 1. The summed E-state index contributed by atoms with van der Waals surface area (Å²) in [5.74, 6) is 0.897. The van der Waals surface area contributed by atoms with E-state index in [1.807, 2.05) is 4.90 Å². The van der Waals surface area contributed by atoms with E-state index >= 15 is 0 Å². The highest BCUT2D eigenvalue weighted by Gasteiger charge is 2.36. The minimum absolute atomic E-state index is 0.0382. The Bertz CT molecular complexity index is 1050. The SMILES string of the molecule is Cc1nnc(S(=O)(=O)CCCN2CCN(c3cc(C(F)(F)F)nc(C(C)(C)C)n3)CC2)n1C. The van der Waals surface area contributed by atoms with Crippen molar-refractivity contribution in [3.05, 3.63) is 23.4 Å².